The predicted octanol–water partition coefficient (Wildman–Crippen LogP) is 3.56. The van der Waals surface area contributed by atoms with Crippen molar-refractivity contribution in [1.82, 2.24) is 4.31 Å². The molecule has 9 heteroatoms. The van der Waals surface area contributed by atoms with Crippen LogP contribution in [0.3, 0.4) is 0 Å². The number of ether oxygens (including phenoxy) is 1. The van der Waals surface area contributed by atoms with Gasteiger partial charge in [0, 0.05) is 17.7 Å². The monoisotopic (exact) mass is 416 g/mol. The highest BCUT2D eigenvalue weighted by atomic mass is 32.2. The van der Waals surface area contributed by atoms with Crippen molar-refractivity contribution in [3.63, 3.8) is 0 Å². The number of cyclic esters (lactones) is 1. The summed E-state index contributed by atoms with van der Waals surface area (Å²) in [6.07, 6.45) is 1.57. The third kappa shape index (κ3) is 4.29. The Morgan fingerprint density at radius 1 is 1.10 bits per heavy atom. The summed E-state index contributed by atoms with van der Waals surface area (Å²) in [5, 5.41) is 10.9. The minimum Gasteiger partial charge on any atom is -0.423 e. The molecule has 1 atom stereocenters. The molecule has 0 saturated carbocycles. The van der Waals surface area contributed by atoms with Crippen molar-refractivity contribution >= 4 is 27.4 Å². The molecule has 0 N–H and O–H groups in total. The van der Waals surface area contributed by atoms with Crippen LogP contribution in [0.4, 0.5) is 5.69 Å². The molecule has 0 amide bonds. The Morgan fingerprint density at radius 3 is 2.28 bits per heavy atom. The molecular formula is C20H20N2O6S. The van der Waals surface area contributed by atoms with E-state index in [2.05, 4.69) is 0 Å². The zero-order valence-electron chi connectivity index (χ0n) is 15.9. The van der Waals surface area contributed by atoms with Gasteiger partial charge in [0.25, 0.3) is 15.7 Å². The Balaban J connectivity index is 2.08. The molecule has 0 spiro atoms. The number of hydrogen-bond donors (Lipinski definition) is 0. The molecule has 152 valence electrons. The molecular weight excluding hydrogens is 396 g/mol. The van der Waals surface area contributed by atoms with E-state index in [0.717, 1.165) is 28.6 Å². The maximum absolute atomic E-state index is 13.3. The van der Waals surface area contributed by atoms with E-state index >= 15 is 0 Å². The van der Waals surface area contributed by atoms with E-state index in [9.17, 15) is 23.3 Å². The van der Waals surface area contributed by atoms with Crippen LogP contribution in [-0.4, -0.2) is 29.7 Å². The van der Waals surface area contributed by atoms with Crippen LogP contribution in [0.5, 0.6) is 0 Å². The zero-order chi connectivity index (χ0) is 21.2. The van der Waals surface area contributed by atoms with Gasteiger partial charge in [-0.05, 0) is 24.5 Å². The van der Waals surface area contributed by atoms with Gasteiger partial charge in [0.1, 0.15) is 6.04 Å². The first-order chi connectivity index (χ1) is 13.7. The van der Waals surface area contributed by atoms with E-state index in [4.69, 9.17) is 4.74 Å². The fraction of sp³-hybridized carbons (Fsp3) is 0.250. The van der Waals surface area contributed by atoms with Gasteiger partial charge < -0.3 is 4.74 Å². The van der Waals surface area contributed by atoms with Gasteiger partial charge in [0.2, 0.25) is 0 Å². The molecule has 0 saturated heterocycles. The Kier molecular flexibility index (Phi) is 5.69. The quantitative estimate of drug-likeness (QED) is 0.405. The first-order valence-electron chi connectivity index (χ1n) is 8.97. The smallest absolute Gasteiger partial charge is 0.335 e. The minimum atomic E-state index is -4.14. The minimum absolute atomic E-state index is 0.0359. The normalized spacial score (nSPS) is 17.1. The SMILES string of the molecule is CC(C)C[C@H]1C(=O)OC(c2ccccc2)=CN1S(=O)(=O)c1ccc([N+](=O)[O-])cc1. The maximum atomic E-state index is 13.3. The van der Waals surface area contributed by atoms with Crippen molar-refractivity contribution in [2.24, 2.45) is 5.92 Å². The predicted molar refractivity (Wildman–Crippen MR) is 106 cm³/mol. The number of nitro benzene ring substituents is 1. The van der Waals surface area contributed by atoms with Crippen molar-refractivity contribution in [1.29, 1.82) is 0 Å². The Labute approximate surface area is 168 Å². The molecule has 0 aromatic heterocycles. The lowest BCUT2D eigenvalue weighted by Gasteiger charge is -2.33. The molecule has 0 unspecified atom stereocenters. The second-order valence-corrected chi connectivity index (χ2v) is 8.85. The molecule has 2 aromatic carbocycles. The second kappa shape index (κ2) is 8.04. The van der Waals surface area contributed by atoms with Crippen LogP contribution >= 0.6 is 0 Å². The van der Waals surface area contributed by atoms with E-state index in [0.29, 0.717) is 5.56 Å². The largest absolute Gasteiger partial charge is 0.423 e. The number of benzene rings is 2. The van der Waals surface area contributed by atoms with E-state index < -0.39 is 27.0 Å². The van der Waals surface area contributed by atoms with Gasteiger partial charge in [0.05, 0.1) is 16.0 Å². The summed E-state index contributed by atoms with van der Waals surface area (Å²) < 4.78 is 33.0. The molecule has 0 fully saturated rings. The van der Waals surface area contributed by atoms with Gasteiger partial charge >= 0.3 is 5.97 Å². The number of nitro groups is 1. The number of hydrogen-bond acceptors (Lipinski definition) is 6. The molecule has 8 nitrogen and oxygen atoms in total. The van der Waals surface area contributed by atoms with Crippen LogP contribution in [-0.2, 0) is 19.6 Å². The van der Waals surface area contributed by atoms with Crippen molar-refractivity contribution in [3.8, 4) is 0 Å². The summed E-state index contributed by atoms with van der Waals surface area (Å²) in [7, 11) is -4.14. The van der Waals surface area contributed by atoms with Crippen LogP contribution in [0.2, 0.25) is 0 Å². The average Bonchev–Trinajstić information content (AvgIpc) is 2.69. The summed E-state index contributed by atoms with van der Waals surface area (Å²) in [4.78, 5) is 22.8. The summed E-state index contributed by atoms with van der Waals surface area (Å²) in [6, 6.07) is 12.2. The number of carbonyl (C=O) groups excluding carboxylic acids is 1. The van der Waals surface area contributed by atoms with Gasteiger partial charge in [0.15, 0.2) is 5.76 Å². The Morgan fingerprint density at radius 2 is 1.72 bits per heavy atom. The molecule has 2 aromatic rings. The summed E-state index contributed by atoms with van der Waals surface area (Å²) in [5.74, 6) is -0.500. The number of sulfonamides is 1. The number of non-ortho nitro benzene ring substituents is 1. The Bertz CT molecular complexity index is 1050. The summed E-state index contributed by atoms with van der Waals surface area (Å²) >= 11 is 0. The lowest BCUT2D eigenvalue weighted by molar-refractivity contribution is -0.384. The third-order valence-corrected chi connectivity index (χ3v) is 6.19. The fourth-order valence-corrected chi connectivity index (χ4v) is 4.46. The number of carbonyl (C=O) groups is 1. The molecule has 1 aliphatic rings. The average molecular weight is 416 g/mol. The topological polar surface area (TPSA) is 107 Å². The molecule has 1 heterocycles. The van der Waals surface area contributed by atoms with Gasteiger partial charge in [-0.25, -0.2) is 13.2 Å². The highest BCUT2D eigenvalue weighted by Crippen LogP contribution is 2.31. The summed E-state index contributed by atoms with van der Waals surface area (Å²) in [5.41, 5.74) is 0.342. The van der Waals surface area contributed by atoms with Gasteiger partial charge in [-0.15, -0.1) is 0 Å². The molecule has 0 bridgehead atoms. The van der Waals surface area contributed by atoms with E-state index in [1.165, 1.54) is 6.20 Å². The third-order valence-electron chi connectivity index (χ3n) is 4.41. The molecule has 3 rings (SSSR count). The first kappa shape index (κ1) is 20.5. The van der Waals surface area contributed by atoms with Crippen molar-refractivity contribution in [2.45, 2.75) is 31.2 Å². The molecule has 0 aliphatic carbocycles. The number of rotatable bonds is 6. The van der Waals surface area contributed by atoms with Crippen LogP contribution in [0.15, 0.2) is 65.7 Å². The highest BCUT2D eigenvalue weighted by molar-refractivity contribution is 7.89. The van der Waals surface area contributed by atoms with Crippen LogP contribution in [0, 0.1) is 16.0 Å². The zero-order valence-corrected chi connectivity index (χ0v) is 16.7. The van der Waals surface area contributed by atoms with Crippen molar-refractivity contribution < 1.29 is 22.9 Å². The molecule has 0 radical (unpaired) electrons. The van der Waals surface area contributed by atoms with Gasteiger partial charge in [-0.3, -0.25) is 14.4 Å². The maximum Gasteiger partial charge on any atom is 0.335 e. The standard InChI is InChI=1S/C20H20N2O6S/c1-14(2)12-18-20(23)28-19(15-6-4-3-5-7-15)13-21(18)29(26,27)17-10-8-16(9-11-17)22(24)25/h3-11,13-14,18H,12H2,1-2H3/t18-/m0/s1. The van der Waals surface area contributed by atoms with Gasteiger partial charge in [-0.2, -0.15) is 0 Å². The van der Waals surface area contributed by atoms with Crippen LogP contribution in [0.1, 0.15) is 25.8 Å². The molecule has 1 aliphatic heterocycles. The number of esters is 1. The summed E-state index contributed by atoms with van der Waals surface area (Å²) in [6.45, 7) is 3.75. The van der Waals surface area contributed by atoms with Crippen LogP contribution in [0.25, 0.3) is 5.76 Å². The van der Waals surface area contributed by atoms with E-state index in [1.807, 2.05) is 13.8 Å². The fourth-order valence-electron chi connectivity index (χ4n) is 2.99. The van der Waals surface area contributed by atoms with E-state index in [1.54, 1.807) is 30.3 Å². The number of nitrogens with zero attached hydrogens (tertiary/aromatic N) is 2. The van der Waals surface area contributed by atoms with Crippen molar-refractivity contribution in [2.75, 3.05) is 0 Å². The molecule has 29 heavy (non-hydrogen) atoms. The van der Waals surface area contributed by atoms with Gasteiger partial charge in [-0.1, -0.05) is 44.2 Å². The first-order valence-corrected chi connectivity index (χ1v) is 10.4. The van der Waals surface area contributed by atoms with Crippen molar-refractivity contribution in [3.05, 3.63) is 76.5 Å². The second-order valence-electron chi connectivity index (χ2n) is 7.01. The Hall–Kier alpha value is -3.20. The van der Waals surface area contributed by atoms with E-state index in [-0.39, 0.29) is 28.7 Å². The lowest BCUT2D eigenvalue weighted by atomic mass is 10.0. The lowest BCUT2D eigenvalue weighted by Crippen LogP contribution is -2.46. The highest BCUT2D eigenvalue weighted by Gasteiger charge is 2.39. The van der Waals surface area contributed by atoms with Crippen LogP contribution < -0.4 is 0 Å².